The zero-order valence-electron chi connectivity index (χ0n) is 33.1. The predicted molar refractivity (Wildman–Crippen MR) is 257 cm³/mol. The predicted octanol–water partition coefficient (Wildman–Crippen LogP) is 16.8. The lowest BCUT2D eigenvalue weighted by atomic mass is 9.84. The maximum absolute atomic E-state index is 2.44. The summed E-state index contributed by atoms with van der Waals surface area (Å²) in [5.74, 6) is 0. The van der Waals surface area contributed by atoms with Crippen molar-refractivity contribution in [2.75, 3.05) is 0 Å². The van der Waals surface area contributed by atoms with E-state index in [9.17, 15) is 0 Å². The van der Waals surface area contributed by atoms with Crippen LogP contribution >= 0.6 is 0 Å². The molecule has 0 heteroatoms. The van der Waals surface area contributed by atoms with E-state index >= 15 is 0 Å². The monoisotopic (exact) mass is 760 g/mol. The number of hydrogen-bond donors (Lipinski definition) is 0. The average molecular weight is 761 g/mol. The second-order valence-electron chi connectivity index (χ2n) is 15.6. The molecule has 0 aromatic heterocycles. The quantitative estimate of drug-likeness (QED) is 0.142. The Morgan fingerprint density at radius 1 is 0.167 bits per heavy atom. The molecule has 0 atom stereocenters. The topological polar surface area (TPSA) is 0 Å². The summed E-state index contributed by atoms with van der Waals surface area (Å²) in [6.07, 6.45) is 0. The van der Waals surface area contributed by atoms with Crippen LogP contribution in [0.5, 0.6) is 0 Å². The van der Waals surface area contributed by atoms with Crippen molar-refractivity contribution in [3.05, 3.63) is 243 Å². The standard InChI is InChI=1S/C60H40/c1-4-15-41(16-5-1)43-27-31-45(32-28-43)52-38-37-46-33-36-51(60-55-25-12-10-23-53(55)59(47-19-8-3-9-20-47)54-24-11-13-26-56(54)60)40-57(46)58(52)48-34-29-44(30-35-48)50-22-14-21-49(39-50)42-17-6-2-7-18-42/h1-40H. The molecule has 0 spiro atoms. The maximum Gasteiger partial charge on any atom is -0.00261 e. The lowest BCUT2D eigenvalue weighted by molar-refractivity contribution is 1.57. The summed E-state index contributed by atoms with van der Waals surface area (Å²) in [7, 11) is 0. The summed E-state index contributed by atoms with van der Waals surface area (Å²) in [5.41, 5.74) is 17.1. The Kier molecular flexibility index (Phi) is 8.95. The molecule has 0 unspecified atom stereocenters. The summed E-state index contributed by atoms with van der Waals surface area (Å²) in [6.45, 7) is 0. The van der Waals surface area contributed by atoms with Gasteiger partial charge in [0.15, 0.2) is 0 Å². The van der Waals surface area contributed by atoms with Gasteiger partial charge in [-0.05, 0) is 122 Å². The summed E-state index contributed by atoms with van der Waals surface area (Å²) in [6, 6.07) is 88.8. The smallest absolute Gasteiger partial charge is 0.00261 e. The van der Waals surface area contributed by atoms with Crippen molar-refractivity contribution >= 4 is 32.3 Å². The molecule has 0 fully saturated rings. The lowest BCUT2D eigenvalue weighted by Gasteiger charge is -2.19. The Morgan fingerprint density at radius 2 is 0.517 bits per heavy atom. The van der Waals surface area contributed by atoms with Crippen LogP contribution in [0.1, 0.15) is 0 Å². The van der Waals surface area contributed by atoms with Gasteiger partial charge in [-0.25, -0.2) is 0 Å². The molecular weight excluding hydrogens is 721 g/mol. The molecule has 0 aliphatic heterocycles. The van der Waals surface area contributed by atoms with Gasteiger partial charge in [0, 0.05) is 0 Å². The first-order chi connectivity index (χ1) is 29.8. The van der Waals surface area contributed by atoms with Crippen molar-refractivity contribution in [3.8, 4) is 77.9 Å². The maximum atomic E-state index is 2.44. The normalized spacial score (nSPS) is 11.3. The Morgan fingerprint density at radius 3 is 1.07 bits per heavy atom. The van der Waals surface area contributed by atoms with Crippen LogP contribution in [-0.2, 0) is 0 Å². The molecule has 0 aliphatic rings. The van der Waals surface area contributed by atoms with Crippen molar-refractivity contribution in [3.63, 3.8) is 0 Å². The van der Waals surface area contributed by atoms with Gasteiger partial charge in [0.2, 0.25) is 0 Å². The number of hydrogen-bond acceptors (Lipinski definition) is 0. The van der Waals surface area contributed by atoms with Crippen LogP contribution in [-0.4, -0.2) is 0 Å². The van der Waals surface area contributed by atoms with Crippen molar-refractivity contribution in [1.82, 2.24) is 0 Å². The van der Waals surface area contributed by atoms with Crippen LogP contribution in [0.2, 0.25) is 0 Å². The molecule has 0 bridgehead atoms. The van der Waals surface area contributed by atoms with Crippen molar-refractivity contribution in [2.24, 2.45) is 0 Å². The molecule has 0 aliphatic carbocycles. The minimum Gasteiger partial charge on any atom is -0.0622 e. The van der Waals surface area contributed by atoms with Gasteiger partial charge in [0.1, 0.15) is 0 Å². The highest BCUT2D eigenvalue weighted by Crippen LogP contribution is 2.46. The third-order valence-electron chi connectivity index (χ3n) is 12.1. The highest BCUT2D eigenvalue weighted by molar-refractivity contribution is 6.22. The van der Waals surface area contributed by atoms with Gasteiger partial charge in [0.05, 0.1) is 0 Å². The summed E-state index contributed by atoms with van der Waals surface area (Å²) < 4.78 is 0. The fourth-order valence-corrected chi connectivity index (χ4v) is 9.19. The van der Waals surface area contributed by atoms with E-state index in [1.54, 1.807) is 0 Å². The molecule has 0 heterocycles. The Bertz CT molecular complexity index is 3250. The summed E-state index contributed by atoms with van der Waals surface area (Å²) in [4.78, 5) is 0. The van der Waals surface area contributed by atoms with E-state index in [2.05, 4.69) is 243 Å². The molecule has 0 radical (unpaired) electrons. The van der Waals surface area contributed by atoms with Gasteiger partial charge >= 0.3 is 0 Å². The van der Waals surface area contributed by atoms with E-state index in [1.807, 2.05) is 0 Å². The summed E-state index contributed by atoms with van der Waals surface area (Å²) >= 11 is 0. The van der Waals surface area contributed by atoms with Gasteiger partial charge in [-0.15, -0.1) is 0 Å². The van der Waals surface area contributed by atoms with Crippen LogP contribution in [0.25, 0.3) is 110 Å². The third-order valence-corrected chi connectivity index (χ3v) is 12.1. The largest absolute Gasteiger partial charge is 0.0622 e. The zero-order valence-corrected chi connectivity index (χ0v) is 33.1. The van der Waals surface area contributed by atoms with Gasteiger partial charge in [0.25, 0.3) is 0 Å². The van der Waals surface area contributed by atoms with E-state index in [0.29, 0.717) is 0 Å². The summed E-state index contributed by atoms with van der Waals surface area (Å²) in [5, 5.41) is 7.48. The molecule has 0 N–H and O–H groups in total. The first-order valence-corrected chi connectivity index (χ1v) is 20.7. The molecule has 0 saturated heterocycles. The Balaban J connectivity index is 1.11. The SMILES string of the molecule is c1ccc(-c2ccc(-c3ccc4ccc(-c5c6ccccc6c(-c6ccccc6)c6ccccc56)cc4c3-c3ccc(-c4cccc(-c5ccccc5)c4)cc3)cc2)cc1. The molecule has 11 aromatic carbocycles. The minimum atomic E-state index is 1.19. The highest BCUT2D eigenvalue weighted by atomic mass is 14.2. The van der Waals surface area contributed by atoms with Gasteiger partial charge < -0.3 is 0 Å². The van der Waals surface area contributed by atoms with E-state index in [4.69, 9.17) is 0 Å². The van der Waals surface area contributed by atoms with Crippen molar-refractivity contribution in [2.45, 2.75) is 0 Å². The second kappa shape index (κ2) is 15.2. The average Bonchev–Trinajstić information content (AvgIpc) is 3.33. The van der Waals surface area contributed by atoms with Crippen molar-refractivity contribution in [1.29, 1.82) is 0 Å². The molecule has 11 rings (SSSR count). The molecule has 0 nitrogen and oxygen atoms in total. The van der Waals surface area contributed by atoms with Crippen LogP contribution in [0, 0.1) is 0 Å². The molecule has 0 amide bonds. The fourth-order valence-electron chi connectivity index (χ4n) is 9.19. The van der Waals surface area contributed by atoms with E-state index < -0.39 is 0 Å². The fraction of sp³-hybridized carbons (Fsp3) is 0. The van der Waals surface area contributed by atoms with Crippen LogP contribution in [0.3, 0.4) is 0 Å². The third kappa shape index (κ3) is 6.36. The van der Waals surface area contributed by atoms with Gasteiger partial charge in [-0.3, -0.25) is 0 Å². The van der Waals surface area contributed by atoms with E-state index in [-0.39, 0.29) is 0 Å². The van der Waals surface area contributed by atoms with Crippen molar-refractivity contribution < 1.29 is 0 Å². The first kappa shape index (κ1) is 35.4. The second-order valence-corrected chi connectivity index (χ2v) is 15.6. The Hall–Kier alpha value is -7.80. The first-order valence-electron chi connectivity index (χ1n) is 20.7. The molecular formula is C60H40. The van der Waals surface area contributed by atoms with E-state index in [1.165, 1.54) is 110 Å². The zero-order chi connectivity index (χ0) is 39.8. The highest BCUT2D eigenvalue weighted by Gasteiger charge is 2.19. The lowest BCUT2D eigenvalue weighted by Crippen LogP contribution is -1.92. The molecule has 0 saturated carbocycles. The minimum absolute atomic E-state index is 1.19. The number of rotatable bonds is 7. The van der Waals surface area contributed by atoms with Gasteiger partial charge in [-0.1, -0.05) is 231 Å². The van der Waals surface area contributed by atoms with Crippen LogP contribution in [0.4, 0.5) is 0 Å². The number of fused-ring (bicyclic) bond motifs is 3. The van der Waals surface area contributed by atoms with Crippen LogP contribution in [0.15, 0.2) is 243 Å². The molecule has 11 aromatic rings. The number of benzene rings is 11. The molecule has 60 heavy (non-hydrogen) atoms. The van der Waals surface area contributed by atoms with E-state index in [0.717, 1.165) is 0 Å². The van der Waals surface area contributed by atoms with Crippen LogP contribution < -0.4 is 0 Å². The molecule has 280 valence electrons. The van der Waals surface area contributed by atoms with Gasteiger partial charge in [-0.2, -0.15) is 0 Å². The Labute approximate surface area is 351 Å².